The largest absolute Gasteiger partial charge is 0.413 e. The van der Waals surface area contributed by atoms with Gasteiger partial charge in [-0.25, -0.2) is 0 Å². The van der Waals surface area contributed by atoms with Crippen molar-refractivity contribution in [3.63, 3.8) is 0 Å². The second-order valence-corrected chi connectivity index (χ2v) is 3.15. The van der Waals surface area contributed by atoms with Gasteiger partial charge in [0.2, 0.25) is 0 Å². The number of nitro groups is 1. The van der Waals surface area contributed by atoms with E-state index >= 15 is 0 Å². The molecule has 1 heterocycles. The van der Waals surface area contributed by atoms with Crippen molar-refractivity contribution in [3.8, 4) is 0 Å². The van der Waals surface area contributed by atoms with E-state index in [-0.39, 0.29) is 11.2 Å². The maximum absolute atomic E-state index is 11.4. The molecule has 0 aliphatic carbocycles. The first-order valence-electron chi connectivity index (χ1n) is 4.48. The lowest BCUT2D eigenvalue weighted by atomic mass is 10.2. The molecular weight excluding hydrogens is 212 g/mol. The minimum atomic E-state index is -0.484. The van der Waals surface area contributed by atoms with Gasteiger partial charge in [-0.2, -0.15) is 0 Å². The van der Waals surface area contributed by atoms with Crippen molar-refractivity contribution in [1.82, 2.24) is 4.73 Å². The highest BCUT2D eigenvalue weighted by Gasteiger charge is 2.09. The lowest BCUT2D eigenvalue weighted by molar-refractivity contribution is -0.384. The lowest BCUT2D eigenvalue weighted by Crippen LogP contribution is -2.23. The van der Waals surface area contributed by atoms with Crippen LogP contribution in [0.2, 0.25) is 0 Å². The first-order chi connectivity index (χ1) is 7.63. The number of hydrogen-bond acceptors (Lipinski definition) is 4. The Balaban J connectivity index is 2.78. The molecule has 0 atom stereocenters. The topological polar surface area (TPSA) is 74.4 Å². The van der Waals surface area contributed by atoms with Gasteiger partial charge in [0.25, 0.3) is 11.2 Å². The fourth-order valence-electron chi connectivity index (χ4n) is 1.51. The predicted octanol–water partition coefficient (Wildman–Crippen LogP) is 0.968. The molecule has 0 N–H and O–H groups in total. The Labute approximate surface area is 89.8 Å². The van der Waals surface area contributed by atoms with Crippen LogP contribution in [-0.4, -0.2) is 16.8 Å². The molecule has 0 aliphatic heterocycles. The van der Waals surface area contributed by atoms with Crippen molar-refractivity contribution in [3.05, 3.63) is 50.8 Å². The van der Waals surface area contributed by atoms with Crippen LogP contribution < -0.4 is 10.4 Å². The van der Waals surface area contributed by atoms with E-state index in [9.17, 15) is 14.9 Å². The Morgan fingerprint density at radius 2 is 2.06 bits per heavy atom. The molecule has 0 amide bonds. The Morgan fingerprint density at radius 3 is 2.69 bits per heavy atom. The van der Waals surface area contributed by atoms with Gasteiger partial charge in [0.1, 0.15) is 7.11 Å². The molecule has 0 fully saturated rings. The first kappa shape index (κ1) is 10.2. The van der Waals surface area contributed by atoms with Crippen molar-refractivity contribution in [1.29, 1.82) is 0 Å². The zero-order valence-electron chi connectivity index (χ0n) is 8.41. The molecular formula is C10H8N2O4. The number of rotatable bonds is 2. The number of non-ortho nitro benzene ring substituents is 1. The molecule has 0 saturated heterocycles. The molecule has 0 spiro atoms. The van der Waals surface area contributed by atoms with Gasteiger partial charge in [-0.1, -0.05) is 0 Å². The fourth-order valence-corrected chi connectivity index (χ4v) is 1.51. The summed E-state index contributed by atoms with van der Waals surface area (Å²) in [7, 11) is 1.36. The molecule has 0 bridgehead atoms. The average molecular weight is 220 g/mol. The van der Waals surface area contributed by atoms with E-state index in [0.29, 0.717) is 10.9 Å². The predicted molar refractivity (Wildman–Crippen MR) is 57.4 cm³/mol. The summed E-state index contributed by atoms with van der Waals surface area (Å²) in [5.41, 5.74) is 0.165. The first-order valence-corrected chi connectivity index (χ1v) is 4.48. The minimum absolute atomic E-state index is 0.0196. The van der Waals surface area contributed by atoms with Crippen LogP contribution in [0.3, 0.4) is 0 Å². The van der Waals surface area contributed by atoms with Crippen LogP contribution in [0.4, 0.5) is 5.69 Å². The number of hydrogen-bond donors (Lipinski definition) is 0. The summed E-state index contributed by atoms with van der Waals surface area (Å²) in [5.74, 6) is 0. The monoisotopic (exact) mass is 220 g/mol. The summed E-state index contributed by atoms with van der Waals surface area (Å²) < 4.78 is 1.08. The van der Waals surface area contributed by atoms with Gasteiger partial charge >= 0.3 is 0 Å². The molecule has 6 heteroatoms. The van der Waals surface area contributed by atoms with Crippen LogP contribution >= 0.6 is 0 Å². The maximum atomic E-state index is 11.4. The van der Waals surface area contributed by atoms with Crippen molar-refractivity contribution >= 4 is 16.6 Å². The van der Waals surface area contributed by atoms with Gasteiger partial charge in [-0.3, -0.25) is 14.9 Å². The fraction of sp³-hybridized carbons (Fsp3) is 0.100. The third kappa shape index (κ3) is 1.50. The third-order valence-electron chi connectivity index (χ3n) is 2.23. The van der Waals surface area contributed by atoms with Crippen LogP contribution in [0.5, 0.6) is 0 Å². The van der Waals surface area contributed by atoms with E-state index in [1.165, 1.54) is 37.4 Å². The molecule has 2 rings (SSSR count). The lowest BCUT2D eigenvalue weighted by Gasteiger charge is -2.06. The molecule has 82 valence electrons. The third-order valence-corrected chi connectivity index (χ3v) is 2.23. The normalized spacial score (nSPS) is 10.3. The Bertz CT molecular complexity index is 618. The SMILES string of the molecule is COn1c(=O)ccc2cc([N+](=O)[O-])ccc21. The van der Waals surface area contributed by atoms with Gasteiger partial charge in [-0.05, 0) is 12.1 Å². The van der Waals surface area contributed by atoms with Crippen LogP contribution in [0.1, 0.15) is 0 Å². The van der Waals surface area contributed by atoms with E-state index in [4.69, 9.17) is 4.84 Å². The summed E-state index contributed by atoms with van der Waals surface area (Å²) in [4.78, 5) is 26.4. The Kier molecular flexibility index (Phi) is 2.32. The molecule has 2 aromatic rings. The molecule has 16 heavy (non-hydrogen) atoms. The minimum Gasteiger partial charge on any atom is -0.413 e. The van der Waals surface area contributed by atoms with E-state index in [1.807, 2.05) is 0 Å². The van der Waals surface area contributed by atoms with Crippen LogP contribution in [0.15, 0.2) is 35.1 Å². The van der Waals surface area contributed by atoms with Crippen LogP contribution in [0, 0.1) is 10.1 Å². The Morgan fingerprint density at radius 1 is 1.31 bits per heavy atom. The van der Waals surface area contributed by atoms with Gasteiger partial charge < -0.3 is 4.84 Å². The van der Waals surface area contributed by atoms with Crippen molar-refractivity contribution in [2.45, 2.75) is 0 Å². The molecule has 0 unspecified atom stereocenters. The maximum Gasteiger partial charge on any atom is 0.283 e. The van der Waals surface area contributed by atoms with E-state index in [2.05, 4.69) is 0 Å². The second kappa shape index (κ2) is 3.65. The van der Waals surface area contributed by atoms with E-state index in [1.54, 1.807) is 0 Å². The molecule has 1 aromatic carbocycles. The number of pyridine rings is 1. The van der Waals surface area contributed by atoms with Gasteiger partial charge in [0.05, 0.1) is 10.4 Å². The zero-order valence-corrected chi connectivity index (χ0v) is 8.41. The van der Waals surface area contributed by atoms with Crippen LogP contribution in [0.25, 0.3) is 10.9 Å². The van der Waals surface area contributed by atoms with Crippen molar-refractivity contribution < 1.29 is 9.76 Å². The highest BCUT2D eigenvalue weighted by Crippen LogP contribution is 2.18. The molecule has 0 radical (unpaired) electrons. The molecule has 1 aromatic heterocycles. The highest BCUT2D eigenvalue weighted by molar-refractivity contribution is 5.81. The number of benzene rings is 1. The number of nitrogens with zero attached hydrogens (tertiary/aromatic N) is 2. The van der Waals surface area contributed by atoms with E-state index < -0.39 is 4.92 Å². The number of fused-ring (bicyclic) bond motifs is 1. The van der Waals surface area contributed by atoms with Gasteiger partial charge in [0.15, 0.2) is 0 Å². The summed E-state index contributed by atoms with van der Waals surface area (Å²) in [6, 6.07) is 7.04. The standard InChI is InChI=1S/C10H8N2O4/c1-16-11-9-4-3-8(12(14)15)6-7(9)2-5-10(11)13/h2-6H,1H3. The second-order valence-electron chi connectivity index (χ2n) is 3.15. The molecule has 6 nitrogen and oxygen atoms in total. The average Bonchev–Trinajstić information content (AvgIpc) is 2.28. The quantitative estimate of drug-likeness (QED) is 0.558. The smallest absolute Gasteiger partial charge is 0.283 e. The van der Waals surface area contributed by atoms with Crippen LogP contribution in [-0.2, 0) is 0 Å². The summed E-state index contributed by atoms with van der Waals surface area (Å²) in [6.07, 6.45) is 0. The number of nitro benzene ring substituents is 1. The van der Waals surface area contributed by atoms with Crippen molar-refractivity contribution in [2.75, 3.05) is 7.11 Å². The summed E-state index contributed by atoms with van der Waals surface area (Å²) in [5, 5.41) is 11.2. The summed E-state index contributed by atoms with van der Waals surface area (Å²) >= 11 is 0. The highest BCUT2D eigenvalue weighted by atomic mass is 16.6. The zero-order chi connectivity index (χ0) is 11.7. The molecule has 0 saturated carbocycles. The van der Waals surface area contributed by atoms with E-state index in [0.717, 1.165) is 4.73 Å². The molecule has 0 aliphatic rings. The van der Waals surface area contributed by atoms with Gasteiger partial charge in [0, 0.05) is 23.6 Å². The van der Waals surface area contributed by atoms with Crippen molar-refractivity contribution in [2.24, 2.45) is 0 Å². The summed E-state index contributed by atoms with van der Waals surface area (Å²) in [6.45, 7) is 0. The van der Waals surface area contributed by atoms with Gasteiger partial charge in [-0.15, -0.1) is 4.73 Å². The number of aromatic nitrogens is 1. The Hall–Kier alpha value is -2.37.